The van der Waals surface area contributed by atoms with Crippen molar-refractivity contribution in [3.8, 4) is 17.7 Å². The van der Waals surface area contributed by atoms with E-state index in [1.165, 1.54) is 24.3 Å². The Morgan fingerprint density at radius 1 is 1.11 bits per heavy atom. The van der Waals surface area contributed by atoms with Crippen molar-refractivity contribution < 1.29 is 23.2 Å². The molecule has 0 aliphatic heterocycles. The summed E-state index contributed by atoms with van der Waals surface area (Å²) in [6, 6.07) is 13.0. The van der Waals surface area contributed by atoms with Crippen LogP contribution in [-0.4, -0.2) is 49.1 Å². The zero-order valence-corrected chi connectivity index (χ0v) is 20.2. The van der Waals surface area contributed by atoms with E-state index in [1.807, 2.05) is 13.0 Å². The van der Waals surface area contributed by atoms with Crippen molar-refractivity contribution in [2.75, 3.05) is 13.1 Å². The molecule has 0 saturated carbocycles. The first-order valence-electron chi connectivity index (χ1n) is 11.1. The number of nitrogens with two attached hydrogens (primary N) is 1. The Balaban J connectivity index is 1.96. The van der Waals surface area contributed by atoms with Gasteiger partial charge in [0.15, 0.2) is 0 Å². The summed E-state index contributed by atoms with van der Waals surface area (Å²) in [7, 11) is -4.39. The number of rotatable bonds is 13. The molecule has 1 atom stereocenters. The van der Waals surface area contributed by atoms with Crippen LogP contribution in [0, 0.1) is 11.5 Å². The molecule has 1 amide bonds. The van der Waals surface area contributed by atoms with E-state index in [-0.39, 0.29) is 15.8 Å². The second-order valence-corrected chi connectivity index (χ2v) is 9.29. The molecule has 0 radical (unpaired) electrons. The standard InChI is InChI=1S/C23H30N6O5S/c1-2-15-26-23(28-17-24)27-16-7-6-10-21(22(25)30)29(31)35(32,33)20-13-11-19(12-14-20)34-18-8-4-3-5-9-18/h3-5,8-9,11-14,21,31H,2,6-7,10,15-16H2,1H3,(H2,25,30)(H2,26,27,28)/t21-/m1/s1. The van der Waals surface area contributed by atoms with Gasteiger partial charge in [-0.3, -0.25) is 10.0 Å². The summed E-state index contributed by atoms with van der Waals surface area (Å²) in [6.07, 6.45) is 3.46. The highest BCUT2D eigenvalue weighted by Crippen LogP contribution is 2.25. The van der Waals surface area contributed by atoms with Crippen molar-refractivity contribution in [3.63, 3.8) is 0 Å². The number of hydrogen-bond acceptors (Lipinski definition) is 7. The average molecular weight is 503 g/mol. The molecule has 0 fully saturated rings. The first-order valence-corrected chi connectivity index (χ1v) is 12.5. The SMILES string of the molecule is CCCN/C(=N\C#N)NCCCC[C@H](C(N)=O)N(O)S(=O)(=O)c1ccc(Oc2ccccc2)cc1. The van der Waals surface area contributed by atoms with Gasteiger partial charge < -0.3 is 21.1 Å². The van der Waals surface area contributed by atoms with Crippen LogP contribution in [0.25, 0.3) is 0 Å². The van der Waals surface area contributed by atoms with Gasteiger partial charge in [0.05, 0.1) is 4.90 Å². The van der Waals surface area contributed by atoms with Crippen LogP contribution in [0.3, 0.4) is 0 Å². The monoisotopic (exact) mass is 502 g/mol. The Morgan fingerprint density at radius 3 is 2.34 bits per heavy atom. The number of hydroxylamine groups is 1. The first-order chi connectivity index (χ1) is 16.8. The lowest BCUT2D eigenvalue weighted by Crippen LogP contribution is -2.46. The molecular weight excluding hydrogens is 472 g/mol. The van der Waals surface area contributed by atoms with E-state index in [0.717, 1.165) is 6.42 Å². The summed E-state index contributed by atoms with van der Waals surface area (Å²) in [6.45, 7) is 3.04. The van der Waals surface area contributed by atoms with Crippen LogP contribution in [0.1, 0.15) is 32.6 Å². The third-order valence-electron chi connectivity index (χ3n) is 4.84. The number of nitrogens with zero attached hydrogens (tertiary/aromatic N) is 3. The second-order valence-electron chi connectivity index (χ2n) is 7.49. The van der Waals surface area contributed by atoms with Crippen molar-refractivity contribution in [3.05, 3.63) is 54.6 Å². The molecule has 11 nitrogen and oxygen atoms in total. The lowest BCUT2D eigenvalue weighted by Gasteiger charge is -2.23. The number of nitrogens with one attached hydrogen (secondary N) is 2. The maximum Gasteiger partial charge on any atom is 0.265 e. The molecule has 0 saturated heterocycles. The third kappa shape index (κ3) is 8.56. The zero-order valence-electron chi connectivity index (χ0n) is 19.4. The summed E-state index contributed by atoms with van der Waals surface area (Å²) < 4.78 is 31.4. The van der Waals surface area contributed by atoms with E-state index in [1.54, 1.807) is 30.5 Å². The van der Waals surface area contributed by atoms with Crippen LogP contribution in [0.4, 0.5) is 0 Å². The van der Waals surface area contributed by atoms with Crippen molar-refractivity contribution in [2.45, 2.75) is 43.5 Å². The fraction of sp³-hybridized carbons (Fsp3) is 0.348. The lowest BCUT2D eigenvalue weighted by atomic mass is 10.1. The van der Waals surface area contributed by atoms with Gasteiger partial charge in [-0.25, -0.2) is 8.42 Å². The minimum atomic E-state index is -4.39. The number of primary amides is 1. The normalized spacial score (nSPS) is 12.6. The fourth-order valence-electron chi connectivity index (χ4n) is 3.05. The Kier molecular flexibility index (Phi) is 11.0. The number of unbranched alkanes of at least 4 members (excludes halogenated alkanes) is 1. The molecular formula is C23H30N6O5S. The molecule has 0 spiro atoms. The Hall–Kier alpha value is -3.66. The van der Waals surface area contributed by atoms with Gasteiger partial charge in [0.25, 0.3) is 10.0 Å². The van der Waals surface area contributed by atoms with Gasteiger partial charge in [-0.2, -0.15) is 5.26 Å². The molecule has 35 heavy (non-hydrogen) atoms. The van der Waals surface area contributed by atoms with Gasteiger partial charge in [-0.1, -0.05) is 29.6 Å². The van der Waals surface area contributed by atoms with Crippen LogP contribution in [0.5, 0.6) is 11.5 Å². The topological polar surface area (TPSA) is 170 Å². The molecule has 0 aromatic heterocycles. The molecule has 2 rings (SSSR count). The predicted molar refractivity (Wildman–Crippen MR) is 130 cm³/mol. The van der Waals surface area contributed by atoms with Crippen LogP contribution in [0.2, 0.25) is 0 Å². The van der Waals surface area contributed by atoms with Crippen LogP contribution in [-0.2, 0) is 14.8 Å². The number of nitriles is 1. The average Bonchev–Trinajstić information content (AvgIpc) is 2.85. The number of carbonyl (C=O) groups is 1. The number of hydrogen-bond donors (Lipinski definition) is 4. The molecule has 0 aliphatic rings. The summed E-state index contributed by atoms with van der Waals surface area (Å²) >= 11 is 0. The van der Waals surface area contributed by atoms with Crippen LogP contribution in [0.15, 0.2) is 64.5 Å². The van der Waals surface area contributed by atoms with E-state index < -0.39 is 22.0 Å². The predicted octanol–water partition coefficient (Wildman–Crippen LogP) is 2.31. The molecule has 5 N–H and O–H groups in total. The molecule has 0 bridgehead atoms. The van der Waals surface area contributed by atoms with Crippen LogP contribution < -0.4 is 21.1 Å². The molecule has 188 valence electrons. The number of guanidine groups is 1. The lowest BCUT2D eigenvalue weighted by molar-refractivity contribution is -0.131. The Bertz CT molecular complexity index is 1120. The maximum atomic E-state index is 12.9. The quantitative estimate of drug-likeness (QED) is 0.106. The first kappa shape index (κ1) is 27.6. The molecule has 0 heterocycles. The summed E-state index contributed by atoms with van der Waals surface area (Å²) in [5.41, 5.74) is 5.37. The Morgan fingerprint density at radius 2 is 1.74 bits per heavy atom. The summed E-state index contributed by atoms with van der Waals surface area (Å²) in [5.74, 6) is 0.366. The third-order valence-corrected chi connectivity index (χ3v) is 6.46. The van der Waals surface area contributed by atoms with Gasteiger partial charge in [0.1, 0.15) is 17.5 Å². The smallest absolute Gasteiger partial charge is 0.265 e. The summed E-state index contributed by atoms with van der Waals surface area (Å²) in [4.78, 5) is 15.3. The van der Waals surface area contributed by atoms with Gasteiger partial charge in [0, 0.05) is 13.1 Å². The number of carbonyl (C=O) groups excluding carboxylic acids is 1. The highest BCUT2D eigenvalue weighted by molar-refractivity contribution is 7.89. The number of sulfonamides is 1. The second kappa shape index (κ2) is 13.9. The van der Waals surface area contributed by atoms with Crippen molar-refractivity contribution in [2.24, 2.45) is 10.7 Å². The summed E-state index contributed by atoms with van der Waals surface area (Å²) in [5, 5.41) is 25.1. The van der Waals surface area contributed by atoms with Crippen LogP contribution >= 0.6 is 0 Å². The minimum absolute atomic E-state index is 0.00899. The van der Waals surface area contributed by atoms with Crippen molar-refractivity contribution in [1.29, 1.82) is 5.26 Å². The number of aliphatic imine (C=N–C) groups is 1. The van der Waals surface area contributed by atoms with E-state index in [9.17, 15) is 18.4 Å². The molecule has 0 aliphatic carbocycles. The van der Waals surface area contributed by atoms with Crippen molar-refractivity contribution >= 4 is 21.9 Å². The van der Waals surface area contributed by atoms with E-state index in [0.29, 0.717) is 43.4 Å². The minimum Gasteiger partial charge on any atom is -0.457 e. The van der Waals surface area contributed by atoms with Crippen molar-refractivity contribution in [1.82, 2.24) is 15.1 Å². The highest BCUT2D eigenvalue weighted by atomic mass is 32.2. The maximum absolute atomic E-state index is 12.9. The molecule has 12 heteroatoms. The molecule has 0 unspecified atom stereocenters. The number of para-hydroxylation sites is 1. The molecule has 2 aromatic carbocycles. The van der Waals surface area contributed by atoms with Gasteiger partial charge in [0.2, 0.25) is 18.1 Å². The number of amides is 1. The largest absolute Gasteiger partial charge is 0.457 e. The van der Waals surface area contributed by atoms with E-state index >= 15 is 0 Å². The highest BCUT2D eigenvalue weighted by Gasteiger charge is 2.33. The van der Waals surface area contributed by atoms with Gasteiger partial charge >= 0.3 is 0 Å². The Labute approximate surface area is 205 Å². The van der Waals surface area contributed by atoms with E-state index in [2.05, 4.69) is 15.6 Å². The van der Waals surface area contributed by atoms with Gasteiger partial charge in [-0.05, 0) is 62.1 Å². The fourth-order valence-corrected chi connectivity index (χ4v) is 4.29. The number of ether oxygens (including phenoxy) is 1. The van der Waals surface area contributed by atoms with Gasteiger partial charge in [-0.15, -0.1) is 4.99 Å². The zero-order chi connectivity index (χ0) is 25.7. The molecule has 2 aromatic rings. The van der Waals surface area contributed by atoms with E-state index in [4.69, 9.17) is 15.7 Å². The number of benzene rings is 2.